The number of hydrogen-bond donors (Lipinski definition) is 2. The summed E-state index contributed by atoms with van der Waals surface area (Å²) in [6.45, 7) is 10.3. The summed E-state index contributed by atoms with van der Waals surface area (Å²) in [4.78, 5) is 27.0. The molecule has 0 unspecified atom stereocenters. The van der Waals surface area contributed by atoms with Gasteiger partial charge in [-0.25, -0.2) is 0 Å². The van der Waals surface area contributed by atoms with Crippen molar-refractivity contribution < 1.29 is 9.59 Å². The minimum Gasteiger partial charge on any atom is -0.342 e. The molecule has 4 rings (SSSR count). The van der Waals surface area contributed by atoms with E-state index >= 15 is 0 Å². The Morgan fingerprint density at radius 3 is 2.66 bits per heavy atom. The molecular formula is C28H32N6O2S2. The number of thioether (sulfide) groups is 1. The number of nitrogens with zero attached hydrogens (tertiary/aromatic N) is 4. The summed E-state index contributed by atoms with van der Waals surface area (Å²) in [5, 5.41) is 25.7. The van der Waals surface area contributed by atoms with Crippen LogP contribution in [0.4, 0.5) is 5.00 Å². The van der Waals surface area contributed by atoms with Crippen molar-refractivity contribution >= 4 is 39.9 Å². The van der Waals surface area contributed by atoms with Gasteiger partial charge in [-0.05, 0) is 56.2 Å². The van der Waals surface area contributed by atoms with Crippen molar-refractivity contribution in [2.24, 2.45) is 5.92 Å². The number of aryl methyl sites for hydroxylation is 2. The summed E-state index contributed by atoms with van der Waals surface area (Å²) in [6, 6.07) is 9.32. The van der Waals surface area contributed by atoms with Crippen molar-refractivity contribution in [1.82, 2.24) is 20.1 Å². The van der Waals surface area contributed by atoms with Crippen LogP contribution in [-0.2, 0) is 24.2 Å². The third kappa shape index (κ3) is 6.17. The normalized spacial score (nSPS) is 13.4. The lowest BCUT2D eigenvalue weighted by atomic mass is 9.96. The zero-order valence-corrected chi connectivity index (χ0v) is 23.5. The van der Waals surface area contributed by atoms with E-state index in [2.05, 4.69) is 33.5 Å². The standard InChI is InChI=1S/C28H32N6O2S2/c1-5-14-34-25(24(17(2)3)31-26(36)19-12-10-18(4)11-13-19)32-33-28(34)37-16-23(35)30-27-21(15-29)20-8-6-7-9-22(20)38-27/h5,10-13,17,24H,1,6-9,14,16H2,2-4H3,(H,30,35)(H,31,36)/t24-/m1/s1. The number of hydrogen-bond acceptors (Lipinski definition) is 7. The molecule has 10 heteroatoms. The maximum atomic E-state index is 13.0. The van der Waals surface area contributed by atoms with E-state index in [0.717, 1.165) is 36.8 Å². The topological polar surface area (TPSA) is 113 Å². The van der Waals surface area contributed by atoms with E-state index in [0.29, 0.717) is 33.7 Å². The summed E-state index contributed by atoms with van der Waals surface area (Å²) < 4.78 is 1.88. The first-order chi connectivity index (χ1) is 18.3. The molecule has 0 aliphatic heterocycles. The van der Waals surface area contributed by atoms with Gasteiger partial charge in [-0.1, -0.05) is 49.4 Å². The lowest BCUT2D eigenvalue weighted by Gasteiger charge is -2.22. The van der Waals surface area contributed by atoms with E-state index in [9.17, 15) is 14.9 Å². The Labute approximate surface area is 231 Å². The van der Waals surface area contributed by atoms with Gasteiger partial charge in [0.2, 0.25) is 5.91 Å². The molecular weight excluding hydrogens is 516 g/mol. The number of rotatable bonds is 10. The molecule has 2 N–H and O–H groups in total. The second kappa shape index (κ2) is 12.4. The molecule has 1 atom stereocenters. The van der Waals surface area contributed by atoms with Crippen molar-refractivity contribution in [3.8, 4) is 6.07 Å². The molecule has 38 heavy (non-hydrogen) atoms. The molecule has 0 saturated carbocycles. The molecule has 1 aliphatic carbocycles. The number of nitrogens with one attached hydrogen (secondary N) is 2. The highest BCUT2D eigenvalue weighted by Gasteiger charge is 2.27. The van der Waals surface area contributed by atoms with E-state index in [-0.39, 0.29) is 29.5 Å². The Balaban J connectivity index is 1.48. The molecule has 0 bridgehead atoms. The van der Waals surface area contributed by atoms with Gasteiger partial charge >= 0.3 is 0 Å². The highest BCUT2D eigenvalue weighted by molar-refractivity contribution is 7.99. The molecule has 2 aromatic heterocycles. The number of amides is 2. The molecule has 8 nitrogen and oxygen atoms in total. The Hall–Kier alpha value is -3.42. The van der Waals surface area contributed by atoms with Gasteiger partial charge in [0, 0.05) is 17.0 Å². The molecule has 2 heterocycles. The minimum absolute atomic E-state index is 0.0487. The number of carbonyl (C=O) groups is 2. The summed E-state index contributed by atoms with van der Waals surface area (Å²) >= 11 is 2.78. The number of thiophene rings is 1. The number of benzene rings is 1. The lowest BCUT2D eigenvalue weighted by molar-refractivity contribution is -0.113. The predicted molar refractivity (Wildman–Crippen MR) is 151 cm³/mol. The Kier molecular flexibility index (Phi) is 9.02. The Morgan fingerprint density at radius 1 is 1.24 bits per heavy atom. The molecule has 0 saturated heterocycles. The van der Waals surface area contributed by atoms with E-state index < -0.39 is 0 Å². The van der Waals surface area contributed by atoms with Crippen LogP contribution in [0.2, 0.25) is 0 Å². The number of allylic oxidation sites excluding steroid dienone is 1. The molecule has 1 aromatic carbocycles. The van der Waals surface area contributed by atoms with Gasteiger partial charge in [-0.3, -0.25) is 9.59 Å². The number of fused-ring (bicyclic) bond motifs is 1. The quantitative estimate of drug-likeness (QED) is 0.258. The Bertz CT molecular complexity index is 1370. The second-order valence-electron chi connectivity index (χ2n) is 9.66. The summed E-state index contributed by atoms with van der Waals surface area (Å²) in [6.07, 6.45) is 5.79. The number of anilines is 1. The van der Waals surface area contributed by atoms with Gasteiger partial charge < -0.3 is 15.2 Å². The molecule has 3 aromatic rings. The lowest BCUT2D eigenvalue weighted by Crippen LogP contribution is -2.33. The van der Waals surface area contributed by atoms with Crippen molar-refractivity contribution in [3.05, 3.63) is 69.9 Å². The molecule has 1 aliphatic rings. The smallest absolute Gasteiger partial charge is 0.251 e. The molecule has 2 amide bonds. The van der Waals surface area contributed by atoms with Crippen LogP contribution < -0.4 is 10.6 Å². The van der Waals surface area contributed by atoms with Crippen molar-refractivity contribution in [3.63, 3.8) is 0 Å². The maximum absolute atomic E-state index is 13.0. The fourth-order valence-electron chi connectivity index (χ4n) is 4.46. The fraction of sp³-hybridized carbons (Fsp3) is 0.393. The number of carbonyl (C=O) groups excluding carboxylic acids is 2. The third-order valence-electron chi connectivity index (χ3n) is 6.47. The number of nitriles is 1. The van der Waals surface area contributed by atoms with Gasteiger partial charge in [0.25, 0.3) is 5.91 Å². The predicted octanol–water partition coefficient (Wildman–Crippen LogP) is 5.44. The van der Waals surface area contributed by atoms with E-state index in [1.54, 1.807) is 18.2 Å². The molecule has 198 valence electrons. The van der Waals surface area contributed by atoms with Crippen LogP contribution in [0.3, 0.4) is 0 Å². The monoisotopic (exact) mass is 548 g/mol. The highest BCUT2D eigenvalue weighted by atomic mass is 32.2. The molecule has 0 spiro atoms. The Morgan fingerprint density at radius 2 is 1.97 bits per heavy atom. The third-order valence-corrected chi connectivity index (χ3v) is 8.64. The van der Waals surface area contributed by atoms with E-state index in [1.807, 2.05) is 37.5 Å². The van der Waals surface area contributed by atoms with Crippen LogP contribution in [0.1, 0.15) is 70.5 Å². The van der Waals surface area contributed by atoms with Crippen molar-refractivity contribution in [2.45, 2.75) is 64.2 Å². The highest BCUT2D eigenvalue weighted by Crippen LogP contribution is 2.37. The first-order valence-corrected chi connectivity index (χ1v) is 14.5. The summed E-state index contributed by atoms with van der Waals surface area (Å²) in [5.41, 5.74) is 3.36. The van der Waals surface area contributed by atoms with Crippen LogP contribution in [-0.4, -0.2) is 32.3 Å². The van der Waals surface area contributed by atoms with Gasteiger partial charge in [-0.2, -0.15) is 5.26 Å². The van der Waals surface area contributed by atoms with Crippen molar-refractivity contribution in [1.29, 1.82) is 5.26 Å². The fourth-order valence-corrected chi connectivity index (χ4v) is 6.47. The largest absolute Gasteiger partial charge is 0.342 e. The van der Waals surface area contributed by atoms with Gasteiger partial charge in [0.1, 0.15) is 11.1 Å². The average Bonchev–Trinajstić information content (AvgIpc) is 3.46. The van der Waals surface area contributed by atoms with E-state index in [1.165, 1.54) is 28.0 Å². The summed E-state index contributed by atoms with van der Waals surface area (Å²) in [7, 11) is 0. The maximum Gasteiger partial charge on any atom is 0.251 e. The van der Waals surface area contributed by atoms with Crippen molar-refractivity contribution in [2.75, 3.05) is 11.1 Å². The van der Waals surface area contributed by atoms with Crippen LogP contribution >= 0.6 is 23.1 Å². The average molecular weight is 549 g/mol. The van der Waals surface area contributed by atoms with Crippen LogP contribution in [0, 0.1) is 24.2 Å². The van der Waals surface area contributed by atoms with Crippen LogP contribution in [0.25, 0.3) is 0 Å². The second-order valence-corrected chi connectivity index (χ2v) is 11.7. The van der Waals surface area contributed by atoms with Gasteiger partial charge in [0.15, 0.2) is 11.0 Å². The first kappa shape index (κ1) is 27.6. The van der Waals surface area contributed by atoms with Crippen LogP contribution in [0.5, 0.6) is 0 Å². The zero-order valence-electron chi connectivity index (χ0n) is 21.9. The summed E-state index contributed by atoms with van der Waals surface area (Å²) in [5.74, 6) is 0.393. The minimum atomic E-state index is -0.380. The first-order valence-electron chi connectivity index (χ1n) is 12.7. The van der Waals surface area contributed by atoms with Crippen LogP contribution in [0.15, 0.2) is 42.1 Å². The molecule has 0 fully saturated rings. The SMILES string of the molecule is C=CCn1c(SCC(=O)Nc2sc3c(c2C#N)CCCC3)nnc1[C@H](NC(=O)c1ccc(C)cc1)C(C)C. The zero-order chi connectivity index (χ0) is 27.2. The van der Waals surface area contributed by atoms with Gasteiger partial charge in [0.05, 0.1) is 17.4 Å². The van der Waals surface area contributed by atoms with Gasteiger partial charge in [-0.15, -0.1) is 28.1 Å². The molecule has 0 radical (unpaired) electrons. The van der Waals surface area contributed by atoms with E-state index in [4.69, 9.17) is 0 Å². The number of aromatic nitrogens is 3.